The summed E-state index contributed by atoms with van der Waals surface area (Å²) in [5.74, 6) is 0.781. The third-order valence-corrected chi connectivity index (χ3v) is 4.01. The van der Waals surface area contributed by atoms with Gasteiger partial charge in [-0.05, 0) is 44.3 Å². The molecular weight excluding hydrogens is 184 g/mol. The summed E-state index contributed by atoms with van der Waals surface area (Å²) in [7, 11) is 2.08. The van der Waals surface area contributed by atoms with Crippen LogP contribution in [0, 0.1) is 11.3 Å². The molecule has 90 valence electrons. The zero-order chi connectivity index (χ0) is 11.5. The Morgan fingerprint density at radius 2 is 1.80 bits per heavy atom. The number of hydrogen-bond acceptors (Lipinski definition) is 2. The van der Waals surface area contributed by atoms with Crippen molar-refractivity contribution >= 4 is 0 Å². The predicted octanol–water partition coefficient (Wildman–Crippen LogP) is 2.35. The molecule has 1 heterocycles. The molecule has 1 aliphatic rings. The molecule has 0 amide bonds. The van der Waals surface area contributed by atoms with Crippen LogP contribution in [-0.4, -0.2) is 37.6 Å². The number of rotatable bonds is 3. The van der Waals surface area contributed by atoms with Crippen LogP contribution < -0.4 is 5.32 Å². The van der Waals surface area contributed by atoms with Crippen LogP contribution in [0.5, 0.6) is 0 Å². The molecule has 0 bridgehead atoms. The summed E-state index contributed by atoms with van der Waals surface area (Å²) in [5, 5.41) is 3.38. The van der Waals surface area contributed by atoms with Gasteiger partial charge in [0.2, 0.25) is 0 Å². The number of piperidine rings is 1. The fourth-order valence-electron chi connectivity index (χ4n) is 2.07. The van der Waals surface area contributed by atoms with Crippen molar-refractivity contribution in [2.24, 2.45) is 11.3 Å². The third-order valence-electron chi connectivity index (χ3n) is 4.01. The minimum atomic E-state index is 0.444. The Bertz CT molecular complexity index is 175. The van der Waals surface area contributed by atoms with Crippen LogP contribution in [0.1, 0.15) is 40.5 Å². The lowest BCUT2D eigenvalue weighted by molar-refractivity contribution is 0.132. The van der Waals surface area contributed by atoms with Crippen molar-refractivity contribution < 1.29 is 0 Å². The van der Waals surface area contributed by atoms with Crippen LogP contribution in [0.25, 0.3) is 0 Å². The minimum Gasteiger partial charge on any atom is -0.317 e. The smallest absolute Gasteiger partial charge is 0.00884 e. The van der Waals surface area contributed by atoms with Gasteiger partial charge in [0.05, 0.1) is 0 Å². The average Bonchev–Trinajstić information content (AvgIpc) is 2.17. The van der Waals surface area contributed by atoms with Crippen molar-refractivity contribution in [1.82, 2.24) is 10.2 Å². The van der Waals surface area contributed by atoms with E-state index in [2.05, 4.69) is 45.0 Å². The second-order valence-electron chi connectivity index (χ2n) is 6.13. The van der Waals surface area contributed by atoms with Crippen LogP contribution >= 0.6 is 0 Å². The van der Waals surface area contributed by atoms with E-state index in [9.17, 15) is 0 Å². The number of likely N-dealkylation sites (tertiary alicyclic amines) is 1. The molecule has 1 fully saturated rings. The van der Waals surface area contributed by atoms with Gasteiger partial charge in [0.1, 0.15) is 0 Å². The molecule has 0 aromatic rings. The molecule has 0 spiro atoms. The molecular formula is C13H28N2. The highest BCUT2D eigenvalue weighted by molar-refractivity contribution is 4.79. The van der Waals surface area contributed by atoms with E-state index in [1.807, 2.05) is 0 Å². The Balaban J connectivity index is 2.29. The molecule has 1 rings (SSSR count). The lowest BCUT2D eigenvalue weighted by Gasteiger charge is -2.37. The Morgan fingerprint density at radius 1 is 1.27 bits per heavy atom. The zero-order valence-electron chi connectivity index (χ0n) is 11.1. The van der Waals surface area contributed by atoms with E-state index in [0.717, 1.165) is 12.0 Å². The van der Waals surface area contributed by atoms with Crippen LogP contribution in [0.15, 0.2) is 0 Å². The number of hydrogen-bond donors (Lipinski definition) is 1. The molecule has 0 aromatic heterocycles. The van der Waals surface area contributed by atoms with Gasteiger partial charge in [-0.3, -0.25) is 0 Å². The predicted molar refractivity (Wildman–Crippen MR) is 67.1 cm³/mol. The summed E-state index contributed by atoms with van der Waals surface area (Å²) >= 11 is 0. The van der Waals surface area contributed by atoms with Gasteiger partial charge in [0.15, 0.2) is 0 Å². The van der Waals surface area contributed by atoms with Gasteiger partial charge < -0.3 is 10.2 Å². The highest BCUT2D eigenvalue weighted by Crippen LogP contribution is 2.26. The van der Waals surface area contributed by atoms with E-state index in [4.69, 9.17) is 0 Å². The molecule has 1 N–H and O–H groups in total. The van der Waals surface area contributed by atoms with Gasteiger partial charge in [-0.2, -0.15) is 0 Å². The maximum absolute atomic E-state index is 3.38. The molecule has 0 saturated carbocycles. The standard InChI is InChI=1S/C13H28N2/c1-11(13(2,3)4)10-15-8-6-12(14-5)7-9-15/h11-12,14H,6-10H2,1-5H3. The van der Waals surface area contributed by atoms with Gasteiger partial charge >= 0.3 is 0 Å². The first kappa shape index (κ1) is 13.0. The molecule has 0 aliphatic carbocycles. The molecule has 15 heavy (non-hydrogen) atoms. The number of nitrogens with one attached hydrogen (secondary N) is 1. The van der Waals surface area contributed by atoms with Gasteiger partial charge in [0, 0.05) is 12.6 Å². The Hall–Kier alpha value is -0.0800. The Morgan fingerprint density at radius 3 is 2.20 bits per heavy atom. The molecule has 0 aromatic carbocycles. The quantitative estimate of drug-likeness (QED) is 0.772. The molecule has 1 aliphatic heterocycles. The van der Waals surface area contributed by atoms with Crippen molar-refractivity contribution in [2.45, 2.75) is 46.6 Å². The van der Waals surface area contributed by atoms with Gasteiger partial charge in [0.25, 0.3) is 0 Å². The second kappa shape index (κ2) is 5.31. The summed E-state index contributed by atoms with van der Waals surface area (Å²) in [6.45, 7) is 13.2. The monoisotopic (exact) mass is 212 g/mol. The van der Waals surface area contributed by atoms with Crippen LogP contribution in [0.3, 0.4) is 0 Å². The van der Waals surface area contributed by atoms with E-state index < -0.39 is 0 Å². The van der Waals surface area contributed by atoms with Crippen LogP contribution in [-0.2, 0) is 0 Å². The zero-order valence-corrected chi connectivity index (χ0v) is 11.1. The normalized spacial score (nSPS) is 23.0. The van der Waals surface area contributed by atoms with Crippen molar-refractivity contribution in [3.63, 3.8) is 0 Å². The van der Waals surface area contributed by atoms with E-state index >= 15 is 0 Å². The van der Waals surface area contributed by atoms with Crippen molar-refractivity contribution in [3.05, 3.63) is 0 Å². The first-order chi connectivity index (χ1) is 6.93. The summed E-state index contributed by atoms with van der Waals surface area (Å²) < 4.78 is 0. The highest BCUT2D eigenvalue weighted by atomic mass is 15.1. The SMILES string of the molecule is CNC1CCN(CC(C)C(C)(C)C)CC1. The lowest BCUT2D eigenvalue weighted by atomic mass is 9.81. The largest absolute Gasteiger partial charge is 0.317 e. The molecule has 0 radical (unpaired) electrons. The van der Waals surface area contributed by atoms with E-state index in [1.54, 1.807) is 0 Å². The minimum absolute atomic E-state index is 0.444. The van der Waals surface area contributed by atoms with E-state index in [-0.39, 0.29) is 0 Å². The molecule has 1 saturated heterocycles. The number of nitrogens with zero attached hydrogens (tertiary/aromatic N) is 1. The summed E-state index contributed by atoms with van der Waals surface area (Å²) in [6.07, 6.45) is 2.63. The molecule has 2 heteroatoms. The first-order valence-corrected chi connectivity index (χ1v) is 6.33. The van der Waals surface area contributed by atoms with Crippen molar-refractivity contribution in [2.75, 3.05) is 26.7 Å². The topological polar surface area (TPSA) is 15.3 Å². The molecule has 1 atom stereocenters. The maximum Gasteiger partial charge on any atom is 0.00884 e. The molecule has 1 unspecified atom stereocenters. The Kier molecular flexibility index (Phi) is 4.60. The van der Waals surface area contributed by atoms with E-state index in [1.165, 1.54) is 32.5 Å². The maximum atomic E-state index is 3.38. The fourth-order valence-corrected chi connectivity index (χ4v) is 2.07. The van der Waals surface area contributed by atoms with Gasteiger partial charge in [-0.1, -0.05) is 27.7 Å². The summed E-state index contributed by atoms with van der Waals surface area (Å²) in [6, 6.07) is 0.756. The first-order valence-electron chi connectivity index (χ1n) is 6.33. The van der Waals surface area contributed by atoms with Crippen LogP contribution in [0.2, 0.25) is 0 Å². The second-order valence-corrected chi connectivity index (χ2v) is 6.13. The molecule has 2 nitrogen and oxygen atoms in total. The summed E-state index contributed by atoms with van der Waals surface area (Å²) in [4.78, 5) is 2.63. The fraction of sp³-hybridized carbons (Fsp3) is 1.00. The van der Waals surface area contributed by atoms with Gasteiger partial charge in [-0.25, -0.2) is 0 Å². The highest BCUT2D eigenvalue weighted by Gasteiger charge is 2.24. The Labute approximate surface area is 95.4 Å². The summed E-state index contributed by atoms with van der Waals surface area (Å²) in [5.41, 5.74) is 0.444. The van der Waals surface area contributed by atoms with Gasteiger partial charge in [-0.15, -0.1) is 0 Å². The third kappa shape index (κ3) is 4.12. The lowest BCUT2D eigenvalue weighted by Crippen LogP contribution is -2.44. The van der Waals surface area contributed by atoms with Crippen molar-refractivity contribution in [1.29, 1.82) is 0 Å². The average molecular weight is 212 g/mol. The van der Waals surface area contributed by atoms with E-state index in [0.29, 0.717) is 5.41 Å². The van der Waals surface area contributed by atoms with Crippen LogP contribution in [0.4, 0.5) is 0 Å². The van der Waals surface area contributed by atoms with Crippen molar-refractivity contribution in [3.8, 4) is 0 Å².